The summed E-state index contributed by atoms with van der Waals surface area (Å²) < 4.78 is 0. The van der Waals surface area contributed by atoms with Gasteiger partial charge in [-0.1, -0.05) is 19.1 Å². The second-order valence-corrected chi connectivity index (χ2v) is 8.49. The minimum absolute atomic E-state index is 0.0598. The molecule has 3 rings (SSSR count). The largest absolute Gasteiger partial charge is 0.508 e. The molecule has 6 nitrogen and oxygen atoms in total. The zero-order chi connectivity index (χ0) is 22.9. The molecule has 1 aliphatic rings. The maximum Gasteiger partial charge on any atom is 0.121 e. The summed E-state index contributed by atoms with van der Waals surface area (Å²) in [4.78, 5) is 4.24. The zero-order valence-electron chi connectivity index (χ0n) is 19.2. The van der Waals surface area contributed by atoms with E-state index in [1.165, 1.54) is 0 Å². The van der Waals surface area contributed by atoms with Crippen molar-refractivity contribution in [3.8, 4) is 11.5 Å². The van der Waals surface area contributed by atoms with Crippen LogP contribution in [0.25, 0.3) is 0 Å². The Morgan fingerprint density at radius 2 is 1.19 bits per heavy atom. The Kier molecular flexibility index (Phi) is 6.72. The normalized spacial score (nSPS) is 25.2. The summed E-state index contributed by atoms with van der Waals surface area (Å²) in [5.41, 5.74) is 1.81. The van der Waals surface area contributed by atoms with Crippen LogP contribution in [0.4, 0.5) is 11.4 Å². The summed E-state index contributed by atoms with van der Waals surface area (Å²) >= 11 is 0. The van der Waals surface area contributed by atoms with Gasteiger partial charge >= 0.3 is 0 Å². The van der Waals surface area contributed by atoms with Crippen LogP contribution < -0.4 is 9.80 Å². The Morgan fingerprint density at radius 3 is 1.61 bits per heavy atom. The highest BCUT2D eigenvalue weighted by molar-refractivity contribution is 5.59. The lowest BCUT2D eigenvalue weighted by Crippen LogP contribution is -2.64. The smallest absolute Gasteiger partial charge is 0.121 e. The number of nitrogens with zero attached hydrogens (tertiary/aromatic N) is 2. The van der Waals surface area contributed by atoms with E-state index in [1.54, 1.807) is 31.2 Å². The number of anilines is 2. The number of aromatic hydroxyl groups is 2. The molecule has 6 heteroatoms. The molecule has 0 amide bonds. The van der Waals surface area contributed by atoms with E-state index < -0.39 is 23.5 Å². The molecule has 1 aliphatic carbocycles. The molecular formula is C25H36N2O4. The van der Waals surface area contributed by atoms with Crippen molar-refractivity contribution in [2.75, 3.05) is 36.0 Å². The second kappa shape index (κ2) is 8.97. The molecule has 4 N–H and O–H groups in total. The van der Waals surface area contributed by atoms with Crippen molar-refractivity contribution in [1.29, 1.82) is 0 Å². The van der Waals surface area contributed by atoms with Crippen molar-refractivity contribution in [2.24, 2.45) is 0 Å². The Labute approximate surface area is 185 Å². The third-order valence-electron chi connectivity index (χ3n) is 7.10. The van der Waals surface area contributed by atoms with E-state index in [9.17, 15) is 20.4 Å². The van der Waals surface area contributed by atoms with Crippen molar-refractivity contribution >= 4 is 11.4 Å². The van der Waals surface area contributed by atoms with E-state index in [2.05, 4.69) is 37.5 Å². The van der Waals surface area contributed by atoms with Gasteiger partial charge in [0.05, 0.1) is 12.2 Å². The summed E-state index contributed by atoms with van der Waals surface area (Å²) in [6, 6.07) is 10.8. The first-order chi connectivity index (χ1) is 14.7. The van der Waals surface area contributed by atoms with Gasteiger partial charge < -0.3 is 30.2 Å². The van der Waals surface area contributed by atoms with Crippen LogP contribution in [0.3, 0.4) is 0 Å². The number of hydrogen-bond donors (Lipinski definition) is 4. The molecule has 2 aromatic rings. The van der Waals surface area contributed by atoms with E-state index in [0.717, 1.165) is 37.6 Å². The predicted octanol–water partition coefficient (Wildman–Crippen LogP) is 3.57. The monoisotopic (exact) mass is 428 g/mol. The predicted molar refractivity (Wildman–Crippen MR) is 125 cm³/mol. The molecule has 31 heavy (non-hydrogen) atoms. The molecule has 0 aromatic heterocycles. The van der Waals surface area contributed by atoms with Gasteiger partial charge in [-0.15, -0.1) is 0 Å². The summed E-state index contributed by atoms with van der Waals surface area (Å²) in [6.07, 6.45) is -1.89. The van der Waals surface area contributed by atoms with Crippen LogP contribution in [-0.2, 0) is 5.41 Å². The van der Waals surface area contributed by atoms with E-state index in [0.29, 0.717) is 11.1 Å². The first-order valence-electron chi connectivity index (χ1n) is 11.3. The van der Waals surface area contributed by atoms with Crippen molar-refractivity contribution in [2.45, 2.75) is 58.2 Å². The van der Waals surface area contributed by atoms with E-state index in [-0.39, 0.29) is 11.5 Å². The molecule has 0 aliphatic heterocycles. The van der Waals surface area contributed by atoms with Crippen LogP contribution in [0.1, 0.15) is 51.7 Å². The van der Waals surface area contributed by atoms with Crippen LogP contribution in [0, 0.1) is 0 Å². The third-order valence-corrected chi connectivity index (χ3v) is 7.10. The van der Waals surface area contributed by atoms with Gasteiger partial charge in [-0.25, -0.2) is 0 Å². The molecule has 170 valence electrons. The van der Waals surface area contributed by atoms with Gasteiger partial charge in [-0.05, 0) is 39.8 Å². The molecular weight excluding hydrogens is 392 g/mol. The Balaban J connectivity index is 1.89. The fourth-order valence-corrected chi connectivity index (χ4v) is 4.99. The number of benzene rings is 2. The number of aliphatic hydroxyl groups is 2. The lowest BCUT2D eigenvalue weighted by atomic mass is 9.53. The van der Waals surface area contributed by atoms with Crippen molar-refractivity contribution in [3.63, 3.8) is 0 Å². The highest BCUT2D eigenvalue weighted by Gasteiger charge is 2.61. The van der Waals surface area contributed by atoms with Gasteiger partial charge in [-0.2, -0.15) is 0 Å². The van der Waals surface area contributed by atoms with Crippen LogP contribution in [0.15, 0.2) is 36.4 Å². The van der Waals surface area contributed by atoms with Gasteiger partial charge in [0.1, 0.15) is 11.5 Å². The molecule has 0 heterocycles. The van der Waals surface area contributed by atoms with Gasteiger partial charge in [0.25, 0.3) is 0 Å². The maximum absolute atomic E-state index is 11.1. The summed E-state index contributed by atoms with van der Waals surface area (Å²) in [5.74, 6) is -0.502. The summed E-state index contributed by atoms with van der Waals surface area (Å²) in [7, 11) is 0. The van der Waals surface area contributed by atoms with Gasteiger partial charge in [0.15, 0.2) is 0 Å². The number of aliphatic hydroxyl groups excluding tert-OH is 2. The van der Waals surface area contributed by atoms with Crippen molar-refractivity contribution in [3.05, 3.63) is 47.5 Å². The molecule has 0 bridgehead atoms. The van der Waals surface area contributed by atoms with E-state index in [1.807, 2.05) is 12.1 Å². The van der Waals surface area contributed by atoms with Crippen LogP contribution >= 0.6 is 0 Å². The van der Waals surface area contributed by atoms with Gasteiger partial charge in [0.2, 0.25) is 0 Å². The summed E-state index contributed by atoms with van der Waals surface area (Å²) in [6.45, 7) is 13.3. The molecule has 0 spiro atoms. The quantitative estimate of drug-likeness (QED) is 0.514. The first kappa shape index (κ1) is 23.2. The van der Waals surface area contributed by atoms with Crippen LogP contribution in [0.2, 0.25) is 0 Å². The molecule has 1 saturated carbocycles. The number of hydrogen-bond acceptors (Lipinski definition) is 6. The SMILES string of the molecule is CCN(CC)c1ccc(C2C(O)C(C)(c3ccc(N(CC)CC)cc3O)C2O)c(O)c1. The van der Waals surface area contributed by atoms with Crippen molar-refractivity contribution in [1.82, 2.24) is 0 Å². The lowest BCUT2D eigenvalue weighted by molar-refractivity contribution is -0.133. The highest BCUT2D eigenvalue weighted by Crippen LogP contribution is 2.56. The Bertz CT molecular complexity index is 898. The number of phenolic OH excluding ortho intramolecular Hbond substituents is 2. The molecule has 2 atom stereocenters. The maximum atomic E-state index is 11.1. The minimum Gasteiger partial charge on any atom is -0.508 e. The fraction of sp³-hybridized carbons (Fsp3) is 0.520. The average molecular weight is 429 g/mol. The Morgan fingerprint density at radius 1 is 0.742 bits per heavy atom. The van der Waals surface area contributed by atoms with Gasteiger partial charge in [0, 0.05) is 72.1 Å². The van der Waals surface area contributed by atoms with E-state index in [4.69, 9.17) is 0 Å². The Hall–Kier alpha value is -2.44. The standard InChI is InChI=1S/C25H36N2O4/c1-6-26(7-2)16-10-12-18(20(28)14-16)22-23(30)25(5,24(22)31)19-13-11-17(15-21(19)29)27(8-3)9-4/h10-15,22-24,28-31H,6-9H2,1-5H3. The molecule has 0 radical (unpaired) electrons. The number of rotatable bonds is 8. The van der Waals surface area contributed by atoms with Crippen molar-refractivity contribution < 1.29 is 20.4 Å². The second-order valence-electron chi connectivity index (χ2n) is 8.49. The summed E-state index contributed by atoms with van der Waals surface area (Å²) in [5, 5.41) is 43.6. The third kappa shape index (κ3) is 3.72. The van der Waals surface area contributed by atoms with E-state index >= 15 is 0 Å². The molecule has 2 aromatic carbocycles. The zero-order valence-corrected chi connectivity index (χ0v) is 19.2. The molecule has 1 fully saturated rings. The average Bonchev–Trinajstić information content (AvgIpc) is 2.76. The van der Waals surface area contributed by atoms with Gasteiger partial charge in [-0.3, -0.25) is 0 Å². The number of phenols is 2. The minimum atomic E-state index is -1.03. The highest BCUT2D eigenvalue weighted by atomic mass is 16.3. The fourth-order valence-electron chi connectivity index (χ4n) is 4.99. The molecule has 2 unspecified atom stereocenters. The topological polar surface area (TPSA) is 87.4 Å². The van der Waals surface area contributed by atoms with Crippen LogP contribution in [-0.4, -0.2) is 58.8 Å². The molecule has 0 saturated heterocycles. The lowest BCUT2D eigenvalue weighted by Gasteiger charge is -2.55. The first-order valence-corrected chi connectivity index (χ1v) is 11.3. The van der Waals surface area contributed by atoms with Crippen LogP contribution in [0.5, 0.6) is 11.5 Å².